The minimum absolute atomic E-state index is 0.118. The molecule has 1 aromatic carbocycles. The monoisotopic (exact) mass is 287 g/mol. The van der Waals surface area contributed by atoms with Gasteiger partial charge >= 0.3 is 0 Å². The SMILES string of the molecule is CC1CN(C(=O)c2sccc2-c2ccccc2)CCO1. The van der Waals surface area contributed by atoms with Crippen molar-refractivity contribution >= 4 is 17.2 Å². The first-order chi connectivity index (χ1) is 9.75. The fourth-order valence-corrected chi connectivity index (χ4v) is 3.35. The van der Waals surface area contributed by atoms with E-state index in [0.717, 1.165) is 16.0 Å². The molecule has 0 spiro atoms. The Morgan fingerprint density at radius 1 is 1.30 bits per heavy atom. The standard InChI is InChI=1S/C16H17NO2S/c1-12-11-17(8-9-19-12)16(18)15-14(7-10-20-15)13-5-3-2-4-6-13/h2-7,10,12H,8-9,11H2,1H3. The first-order valence-corrected chi connectivity index (χ1v) is 7.67. The predicted molar refractivity (Wildman–Crippen MR) is 81.1 cm³/mol. The van der Waals surface area contributed by atoms with E-state index < -0.39 is 0 Å². The summed E-state index contributed by atoms with van der Waals surface area (Å²) in [7, 11) is 0. The lowest BCUT2D eigenvalue weighted by atomic mass is 10.1. The molecule has 0 radical (unpaired) electrons. The molecule has 4 heteroatoms. The normalized spacial score (nSPS) is 19.1. The highest BCUT2D eigenvalue weighted by Gasteiger charge is 2.25. The van der Waals surface area contributed by atoms with E-state index in [-0.39, 0.29) is 12.0 Å². The van der Waals surface area contributed by atoms with Crippen molar-refractivity contribution in [2.75, 3.05) is 19.7 Å². The number of benzene rings is 1. The third-order valence-electron chi connectivity index (χ3n) is 3.47. The van der Waals surface area contributed by atoms with Crippen molar-refractivity contribution < 1.29 is 9.53 Å². The van der Waals surface area contributed by atoms with E-state index in [1.165, 1.54) is 11.3 Å². The molecule has 0 aliphatic carbocycles. The van der Waals surface area contributed by atoms with Crippen molar-refractivity contribution in [2.24, 2.45) is 0 Å². The van der Waals surface area contributed by atoms with E-state index in [1.807, 2.05) is 53.6 Å². The lowest BCUT2D eigenvalue weighted by Crippen LogP contribution is -2.44. The van der Waals surface area contributed by atoms with Crippen LogP contribution in [0.1, 0.15) is 16.6 Å². The van der Waals surface area contributed by atoms with Gasteiger partial charge in [0.1, 0.15) is 0 Å². The van der Waals surface area contributed by atoms with Gasteiger partial charge in [0.05, 0.1) is 17.6 Å². The quantitative estimate of drug-likeness (QED) is 0.848. The molecule has 104 valence electrons. The number of nitrogens with zero attached hydrogens (tertiary/aromatic N) is 1. The largest absolute Gasteiger partial charge is 0.375 e. The average Bonchev–Trinajstić information content (AvgIpc) is 2.97. The summed E-state index contributed by atoms with van der Waals surface area (Å²) >= 11 is 1.52. The zero-order valence-electron chi connectivity index (χ0n) is 11.4. The second-order valence-corrected chi connectivity index (χ2v) is 5.88. The number of carbonyl (C=O) groups excluding carboxylic acids is 1. The molecule has 1 aliphatic heterocycles. The maximum atomic E-state index is 12.7. The predicted octanol–water partition coefficient (Wildman–Crippen LogP) is 3.28. The summed E-state index contributed by atoms with van der Waals surface area (Å²) in [5, 5.41) is 1.99. The molecule has 1 saturated heterocycles. The van der Waals surface area contributed by atoms with Crippen LogP contribution < -0.4 is 0 Å². The van der Waals surface area contributed by atoms with Crippen LogP contribution >= 0.6 is 11.3 Å². The van der Waals surface area contributed by atoms with E-state index in [2.05, 4.69) is 0 Å². The minimum Gasteiger partial charge on any atom is -0.375 e. The Bertz CT molecular complexity index is 594. The number of rotatable bonds is 2. The van der Waals surface area contributed by atoms with Crippen LogP contribution in [0.2, 0.25) is 0 Å². The van der Waals surface area contributed by atoms with Gasteiger partial charge in [-0.15, -0.1) is 11.3 Å². The van der Waals surface area contributed by atoms with Crippen molar-refractivity contribution in [3.05, 3.63) is 46.7 Å². The van der Waals surface area contributed by atoms with Crippen LogP contribution in [0.5, 0.6) is 0 Å². The molecule has 0 N–H and O–H groups in total. The lowest BCUT2D eigenvalue weighted by Gasteiger charge is -2.31. The molecular weight excluding hydrogens is 270 g/mol. The summed E-state index contributed by atoms with van der Waals surface area (Å²) in [5.74, 6) is 0.119. The molecule has 0 bridgehead atoms. The van der Waals surface area contributed by atoms with Crippen LogP contribution in [0.15, 0.2) is 41.8 Å². The van der Waals surface area contributed by atoms with Crippen LogP contribution in [0.3, 0.4) is 0 Å². The summed E-state index contributed by atoms with van der Waals surface area (Å²) in [5.41, 5.74) is 2.12. The molecule has 2 aromatic rings. The zero-order chi connectivity index (χ0) is 13.9. The van der Waals surface area contributed by atoms with Gasteiger partial charge < -0.3 is 9.64 Å². The van der Waals surface area contributed by atoms with Gasteiger partial charge in [-0.2, -0.15) is 0 Å². The van der Waals surface area contributed by atoms with Gasteiger partial charge in [0.25, 0.3) is 5.91 Å². The highest BCUT2D eigenvalue weighted by Crippen LogP contribution is 2.29. The Labute approximate surface area is 122 Å². The smallest absolute Gasteiger partial charge is 0.264 e. The number of hydrogen-bond acceptors (Lipinski definition) is 3. The van der Waals surface area contributed by atoms with Crippen LogP contribution in [0.25, 0.3) is 11.1 Å². The highest BCUT2D eigenvalue weighted by molar-refractivity contribution is 7.12. The second-order valence-electron chi connectivity index (χ2n) is 4.96. The fourth-order valence-electron chi connectivity index (χ4n) is 2.47. The van der Waals surface area contributed by atoms with Gasteiger partial charge in [0, 0.05) is 18.7 Å². The van der Waals surface area contributed by atoms with Crippen molar-refractivity contribution in [1.29, 1.82) is 0 Å². The molecule has 3 nitrogen and oxygen atoms in total. The van der Waals surface area contributed by atoms with E-state index in [4.69, 9.17) is 4.74 Å². The van der Waals surface area contributed by atoms with Crippen LogP contribution in [-0.2, 0) is 4.74 Å². The molecule has 1 atom stereocenters. The van der Waals surface area contributed by atoms with E-state index in [1.54, 1.807) is 0 Å². The van der Waals surface area contributed by atoms with Crippen LogP contribution in [-0.4, -0.2) is 36.6 Å². The summed E-state index contributed by atoms with van der Waals surface area (Å²) in [4.78, 5) is 15.4. The lowest BCUT2D eigenvalue weighted by molar-refractivity contribution is -0.0122. The Balaban J connectivity index is 1.88. The van der Waals surface area contributed by atoms with Crippen molar-refractivity contribution in [3.8, 4) is 11.1 Å². The molecule has 0 saturated carbocycles. The third-order valence-corrected chi connectivity index (χ3v) is 4.37. The Hall–Kier alpha value is -1.65. The Morgan fingerprint density at radius 3 is 2.85 bits per heavy atom. The van der Waals surface area contributed by atoms with Gasteiger partial charge in [0.15, 0.2) is 0 Å². The molecule has 1 aliphatic rings. The zero-order valence-corrected chi connectivity index (χ0v) is 12.2. The molecule has 1 amide bonds. The van der Waals surface area contributed by atoms with E-state index in [9.17, 15) is 4.79 Å². The maximum absolute atomic E-state index is 12.7. The summed E-state index contributed by atoms with van der Waals surface area (Å²) in [6, 6.07) is 12.1. The second kappa shape index (κ2) is 5.77. The summed E-state index contributed by atoms with van der Waals surface area (Å²) < 4.78 is 5.50. The Morgan fingerprint density at radius 2 is 2.10 bits per heavy atom. The molecule has 1 unspecified atom stereocenters. The highest BCUT2D eigenvalue weighted by atomic mass is 32.1. The van der Waals surface area contributed by atoms with E-state index >= 15 is 0 Å². The first kappa shape index (κ1) is 13.3. The van der Waals surface area contributed by atoms with Gasteiger partial charge in [0.2, 0.25) is 0 Å². The van der Waals surface area contributed by atoms with E-state index in [0.29, 0.717) is 19.7 Å². The molecule has 1 aromatic heterocycles. The molecule has 3 rings (SSSR count). The summed E-state index contributed by atoms with van der Waals surface area (Å²) in [6.45, 7) is 3.98. The van der Waals surface area contributed by atoms with Gasteiger partial charge in [-0.25, -0.2) is 0 Å². The number of amides is 1. The number of thiophene rings is 1. The minimum atomic E-state index is 0.118. The molecule has 20 heavy (non-hydrogen) atoms. The summed E-state index contributed by atoms with van der Waals surface area (Å²) in [6.07, 6.45) is 0.118. The Kier molecular flexibility index (Phi) is 3.85. The first-order valence-electron chi connectivity index (χ1n) is 6.79. The number of hydrogen-bond donors (Lipinski definition) is 0. The number of carbonyl (C=O) groups is 1. The number of morpholine rings is 1. The van der Waals surface area contributed by atoms with Gasteiger partial charge in [-0.05, 0) is 23.9 Å². The average molecular weight is 287 g/mol. The topological polar surface area (TPSA) is 29.5 Å². The van der Waals surface area contributed by atoms with Crippen LogP contribution in [0, 0.1) is 0 Å². The van der Waals surface area contributed by atoms with Gasteiger partial charge in [-0.1, -0.05) is 30.3 Å². The third kappa shape index (κ3) is 2.62. The number of ether oxygens (including phenoxy) is 1. The molecule has 1 fully saturated rings. The van der Waals surface area contributed by atoms with Crippen LogP contribution in [0.4, 0.5) is 0 Å². The molecule has 2 heterocycles. The fraction of sp³-hybridized carbons (Fsp3) is 0.312. The maximum Gasteiger partial charge on any atom is 0.264 e. The van der Waals surface area contributed by atoms with Crippen molar-refractivity contribution in [2.45, 2.75) is 13.0 Å². The van der Waals surface area contributed by atoms with Crippen molar-refractivity contribution in [1.82, 2.24) is 4.90 Å². The van der Waals surface area contributed by atoms with Gasteiger partial charge in [-0.3, -0.25) is 4.79 Å². The van der Waals surface area contributed by atoms with Crippen molar-refractivity contribution in [3.63, 3.8) is 0 Å². The molecular formula is C16H17NO2S.